The third kappa shape index (κ3) is 4.17. The summed E-state index contributed by atoms with van der Waals surface area (Å²) in [5.41, 5.74) is 0.498. The molecule has 0 aromatic carbocycles. The molecule has 3 nitrogen and oxygen atoms in total. The lowest BCUT2D eigenvalue weighted by molar-refractivity contribution is 0.116. The largest absolute Gasteiger partial charge is 0.393 e. The summed E-state index contributed by atoms with van der Waals surface area (Å²) >= 11 is 0. The summed E-state index contributed by atoms with van der Waals surface area (Å²) in [5.74, 6) is 0.497. The summed E-state index contributed by atoms with van der Waals surface area (Å²) in [6.45, 7) is 11.1. The zero-order chi connectivity index (χ0) is 13.9. The average Bonchev–Trinajstić information content (AvgIpc) is 2.97. The summed E-state index contributed by atoms with van der Waals surface area (Å²) in [6, 6.07) is 0.585. The fraction of sp³-hybridized carbons (Fsp3) is 1.00. The molecule has 1 heterocycles. The molecule has 2 rings (SSSR count). The van der Waals surface area contributed by atoms with Crippen LogP contribution in [0, 0.1) is 11.3 Å². The lowest BCUT2D eigenvalue weighted by Gasteiger charge is -2.35. The van der Waals surface area contributed by atoms with Crippen molar-refractivity contribution in [3.8, 4) is 0 Å². The van der Waals surface area contributed by atoms with E-state index in [-0.39, 0.29) is 6.10 Å². The van der Waals surface area contributed by atoms with Crippen molar-refractivity contribution in [2.45, 2.75) is 65.0 Å². The van der Waals surface area contributed by atoms with Gasteiger partial charge in [-0.25, -0.2) is 0 Å². The minimum absolute atomic E-state index is 0.140. The third-order valence-electron chi connectivity index (χ3n) is 5.10. The highest BCUT2D eigenvalue weighted by Crippen LogP contribution is 2.39. The summed E-state index contributed by atoms with van der Waals surface area (Å²) in [5, 5.41) is 13.4. The molecule has 1 aliphatic heterocycles. The van der Waals surface area contributed by atoms with Gasteiger partial charge in [-0.1, -0.05) is 26.7 Å². The fourth-order valence-corrected chi connectivity index (χ4v) is 3.81. The van der Waals surface area contributed by atoms with E-state index in [4.69, 9.17) is 0 Å². The molecule has 2 unspecified atom stereocenters. The van der Waals surface area contributed by atoms with Crippen LogP contribution < -0.4 is 5.32 Å². The molecule has 0 amide bonds. The first-order valence-electron chi connectivity index (χ1n) is 8.15. The van der Waals surface area contributed by atoms with Crippen molar-refractivity contribution in [1.82, 2.24) is 10.2 Å². The lowest BCUT2D eigenvalue weighted by atomic mass is 9.85. The van der Waals surface area contributed by atoms with Crippen molar-refractivity contribution in [1.29, 1.82) is 0 Å². The van der Waals surface area contributed by atoms with Crippen LogP contribution in [-0.4, -0.2) is 48.3 Å². The topological polar surface area (TPSA) is 35.5 Å². The van der Waals surface area contributed by atoms with Crippen molar-refractivity contribution < 1.29 is 5.11 Å². The predicted molar refractivity (Wildman–Crippen MR) is 80.3 cm³/mol. The Labute approximate surface area is 118 Å². The first-order valence-corrected chi connectivity index (χ1v) is 8.15. The van der Waals surface area contributed by atoms with Gasteiger partial charge in [0.25, 0.3) is 0 Å². The summed E-state index contributed by atoms with van der Waals surface area (Å²) in [4.78, 5) is 2.60. The van der Waals surface area contributed by atoms with E-state index in [1.165, 1.54) is 51.7 Å². The average molecular weight is 268 g/mol. The predicted octanol–water partition coefficient (Wildman–Crippen LogP) is 2.25. The third-order valence-corrected chi connectivity index (χ3v) is 5.10. The SMILES string of the molecule is CC(C)NCC1(CN2CCC(C(C)O)C2)CCCC1. The second-order valence-electron chi connectivity index (χ2n) is 7.27. The van der Waals surface area contributed by atoms with Crippen molar-refractivity contribution in [2.24, 2.45) is 11.3 Å². The van der Waals surface area contributed by atoms with Gasteiger partial charge < -0.3 is 15.3 Å². The minimum atomic E-state index is -0.140. The van der Waals surface area contributed by atoms with Crippen LogP contribution in [0.4, 0.5) is 0 Å². The van der Waals surface area contributed by atoms with Gasteiger partial charge in [-0.15, -0.1) is 0 Å². The number of rotatable bonds is 6. The number of nitrogens with zero attached hydrogens (tertiary/aromatic N) is 1. The van der Waals surface area contributed by atoms with E-state index in [1.54, 1.807) is 0 Å². The number of nitrogens with one attached hydrogen (secondary N) is 1. The zero-order valence-electron chi connectivity index (χ0n) is 13.0. The van der Waals surface area contributed by atoms with Crippen molar-refractivity contribution in [2.75, 3.05) is 26.2 Å². The second kappa shape index (κ2) is 6.55. The molecule has 2 aliphatic rings. The molecule has 2 N–H and O–H groups in total. The van der Waals surface area contributed by atoms with Crippen molar-refractivity contribution in [3.63, 3.8) is 0 Å². The lowest BCUT2D eigenvalue weighted by Crippen LogP contribution is -2.43. The van der Waals surface area contributed by atoms with E-state index in [2.05, 4.69) is 24.1 Å². The van der Waals surface area contributed by atoms with Gasteiger partial charge in [-0.05, 0) is 44.1 Å². The minimum Gasteiger partial charge on any atom is -0.393 e. The normalized spacial score (nSPS) is 29.2. The van der Waals surface area contributed by atoms with Gasteiger partial charge in [0.15, 0.2) is 0 Å². The van der Waals surface area contributed by atoms with Gasteiger partial charge in [-0.3, -0.25) is 0 Å². The summed E-state index contributed by atoms with van der Waals surface area (Å²) in [6.07, 6.45) is 6.58. The molecule has 1 saturated heterocycles. The van der Waals surface area contributed by atoms with Gasteiger partial charge in [0.1, 0.15) is 0 Å². The Hall–Kier alpha value is -0.120. The molecule has 3 heteroatoms. The van der Waals surface area contributed by atoms with Crippen LogP contribution in [-0.2, 0) is 0 Å². The summed E-state index contributed by atoms with van der Waals surface area (Å²) < 4.78 is 0. The Balaban J connectivity index is 1.87. The highest BCUT2D eigenvalue weighted by molar-refractivity contribution is 4.92. The van der Waals surface area contributed by atoms with Crippen molar-refractivity contribution in [3.05, 3.63) is 0 Å². The van der Waals surface area contributed by atoms with E-state index in [0.29, 0.717) is 17.4 Å². The maximum atomic E-state index is 9.73. The Morgan fingerprint density at radius 3 is 2.47 bits per heavy atom. The molecule has 0 spiro atoms. The van der Waals surface area contributed by atoms with Crippen LogP contribution in [0.1, 0.15) is 52.9 Å². The Morgan fingerprint density at radius 2 is 1.95 bits per heavy atom. The molecule has 0 aromatic heterocycles. The zero-order valence-corrected chi connectivity index (χ0v) is 13.0. The molecule has 2 fully saturated rings. The molecule has 1 saturated carbocycles. The van der Waals surface area contributed by atoms with Crippen LogP contribution in [0.25, 0.3) is 0 Å². The number of hydrogen-bond acceptors (Lipinski definition) is 3. The smallest absolute Gasteiger partial charge is 0.0552 e. The maximum absolute atomic E-state index is 9.73. The van der Waals surface area contributed by atoms with Gasteiger partial charge >= 0.3 is 0 Å². The van der Waals surface area contributed by atoms with E-state index >= 15 is 0 Å². The maximum Gasteiger partial charge on any atom is 0.0552 e. The monoisotopic (exact) mass is 268 g/mol. The van der Waals surface area contributed by atoms with Crippen LogP contribution in [0.2, 0.25) is 0 Å². The quantitative estimate of drug-likeness (QED) is 0.775. The number of aliphatic hydroxyl groups is 1. The van der Waals surface area contributed by atoms with E-state index < -0.39 is 0 Å². The first kappa shape index (κ1) is 15.3. The Kier molecular flexibility index (Phi) is 5.27. The molecule has 0 bridgehead atoms. The van der Waals surface area contributed by atoms with E-state index in [9.17, 15) is 5.11 Å². The standard InChI is InChI=1S/C16H32N2O/c1-13(2)17-11-16(7-4-5-8-16)12-18-9-6-15(10-18)14(3)19/h13-15,17,19H,4-12H2,1-3H3. The highest BCUT2D eigenvalue weighted by Gasteiger charge is 2.37. The van der Waals surface area contributed by atoms with E-state index in [0.717, 1.165) is 6.54 Å². The Morgan fingerprint density at radius 1 is 1.26 bits per heavy atom. The highest BCUT2D eigenvalue weighted by atomic mass is 16.3. The molecular weight excluding hydrogens is 236 g/mol. The second-order valence-corrected chi connectivity index (χ2v) is 7.27. The van der Waals surface area contributed by atoms with Crippen LogP contribution in [0.3, 0.4) is 0 Å². The summed E-state index contributed by atoms with van der Waals surface area (Å²) in [7, 11) is 0. The van der Waals surface area contributed by atoms with Crippen LogP contribution in [0.15, 0.2) is 0 Å². The Bertz CT molecular complexity index is 272. The van der Waals surface area contributed by atoms with Gasteiger partial charge in [0.05, 0.1) is 6.10 Å². The van der Waals surface area contributed by atoms with Crippen LogP contribution >= 0.6 is 0 Å². The number of aliphatic hydroxyl groups excluding tert-OH is 1. The molecular formula is C16H32N2O. The molecule has 0 radical (unpaired) electrons. The molecule has 112 valence electrons. The number of likely N-dealkylation sites (tertiary alicyclic amines) is 1. The van der Waals surface area contributed by atoms with Gasteiger partial charge in [-0.2, -0.15) is 0 Å². The number of hydrogen-bond donors (Lipinski definition) is 2. The van der Waals surface area contributed by atoms with Gasteiger partial charge in [0.2, 0.25) is 0 Å². The van der Waals surface area contributed by atoms with Crippen LogP contribution in [0.5, 0.6) is 0 Å². The molecule has 1 aliphatic carbocycles. The van der Waals surface area contributed by atoms with E-state index in [1.807, 2.05) is 6.92 Å². The fourth-order valence-electron chi connectivity index (χ4n) is 3.81. The van der Waals surface area contributed by atoms with Gasteiger partial charge in [0, 0.05) is 25.7 Å². The van der Waals surface area contributed by atoms with Crippen molar-refractivity contribution >= 4 is 0 Å². The first-order chi connectivity index (χ1) is 9.01. The molecule has 19 heavy (non-hydrogen) atoms. The molecule has 0 aromatic rings. The molecule has 2 atom stereocenters.